The van der Waals surface area contributed by atoms with E-state index in [1.165, 1.54) is 18.2 Å². The minimum atomic E-state index is -4.86. The number of benzene rings is 1. The van der Waals surface area contributed by atoms with Crippen LogP contribution < -0.4 is 4.90 Å². The molecule has 3 heterocycles. The van der Waals surface area contributed by atoms with Crippen LogP contribution in [0, 0.1) is 5.92 Å². The molecule has 2 aromatic heterocycles. The second kappa shape index (κ2) is 9.72. The van der Waals surface area contributed by atoms with Crippen molar-refractivity contribution in [3.63, 3.8) is 0 Å². The highest BCUT2D eigenvalue weighted by Gasteiger charge is 2.39. The van der Waals surface area contributed by atoms with Gasteiger partial charge in [0.05, 0.1) is 29.3 Å². The van der Waals surface area contributed by atoms with Gasteiger partial charge in [0.15, 0.2) is 0 Å². The molecule has 4 rings (SSSR count). The third kappa shape index (κ3) is 6.23. The van der Waals surface area contributed by atoms with Crippen LogP contribution in [0.15, 0.2) is 40.9 Å². The Morgan fingerprint density at radius 3 is 2.27 bits per heavy atom. The molecular weight excluding hydrogens is 532 g/mol. The van der Waals surface area contributed by atoms with Crippen molar-refractivity contribution < 1.29 is 44.1 Å². The van der Waals surface area contributed by atoms with E-state index >= 15 is 0 Å². The lowest BCUT2D eigenvalue weighted by atomic mass is 10.00. The highest BCUT2D eigenvalue weighted by Crippen LogP contribution is 2.33. The maximum Gasteiger partial charge on any atom is 0.471 e. The van der Waals surface area contributed by atoms with E-state index in [2.05, 4.69) is 24.9 Å². The number of anilines is 1. The first-order valence-electron chi connectivity index (χ1n) is 10.7. The Balaban J connectivity index is 1.62. The van der Waals surface area contributed by atoms with E-state index in [4.69, 9.17) is 0 Å². The summed E-state index contributed by atoms with van der Waals surface area (Å²) in [4.78, 5) is 17.6. The van der Waals surface area contributed by atoms with E-state index in [1.807, 2.05) is 0 Å². The molecule has 0 unspecified atom stereocenters. The predicted octanol–water partition coefficient (Wildman–Crippen LogP) is 3.92. The van der Waals surface area contributed by atoms with Gasteiger partial charge in [0, 0.05) is 11.6 Å². The van der Waals surface area contributed by atoms with Gasteiger partial charge in [-0.3, -0.25) is 4.79 Å². The standard InChI is InChI=1S/C21H17F6N5O4S/c22-20(23,24)13-2-1-3-15(10-13)32(18(33)12-6-8-37(34,35)9-7-12)11-14-4-5-16(30-29-14)17-28-19(36-31-17)21(25,26)27/h1-5,10,12H,6-9,11H2. The van der Waals surface area contributed by atoms with Crippen LogP contribution in [0.25, 0.3) is 11.5 Å². The molecule has 0 bridgehead atoms. The lowest BCUT2D eigenvalue weighted by molar-refractivity contribution is -0.159. The van der Waals surface area contributed by atoms with Crippen molar-refractivity contribution in [3.05, 3.63) is 53.5 Å². The number of hydrogen-bond acceptors (Lipinski definition) is 8. The van der Waals surface area contributed by atoms with Crippen LogP contribution in [0.2, 0.25) is 0 Å². The second-order valence-electron chi connectivity index (χ2n) is 8.23. The summed E-state index contributed by atoms with van der Waals surface area (Å²) in [5, 5.41) is 10.8. The molecule has 0 atom stereocenters. The third-order valence-electron chi connectivity index (χ3n) is 5.59. The molecule has 16 heteroatoms. The first-order valence-corrected chi connectivity index (χ1v) is 12.5. The summed E-state index contributed by atoms with van der Waals surface area (Å²) < 4.78 is 106. The Kier molecular flexibility index (Phi) is 6.96. The van der Waals surface area contributed by atoms with Crippen LogP contribution in [0.5, 0.6) is 0 Å². The van der Waals surface area contributed by atoms with Gasteiger partial charge in [-0.25, -0.2) is 8.42 Å². The fraction of sp³-hybridized carbons (Fsp3) is 0.381. The number of nitrogens with zero attached hydrogens (tertiary/aromatic N) is 5. The van der Waals surface area contributed by atoms with Gasteiger partial charge in [-0.2, -0.15) is 36.4 Å². The molecule has 1 aliphatic rings. The van der Waals surface area contributed by atoms with Gasteiger partial charge in [-0.05, 0) is 43.2 Å². The Bertz CT molecular complexity index is 1380. The molecule has 37 heavy (non-hydrogen) atoms. The molecule has 0 spiro atoms. The van der Waals surface area contributed by atoms with Gasteiger partial charge in [-0.15, -0.1) is 5.10 Å². The van der Waals surface area contributed by atoms with Gasteiger partial charge < -0.3 is 9.42 Å². The van der Waals surface area contributed by atoms with Crippen LogP contribution >= 0.6 is 0 Å². The lowest BCUT2D eigenvalue weighted by Gasteiger charge is -2.29. The number of rotatable bonds is 5. The van der Waals surface area contributed by atoms with Gasteiger partial charge in [0.25, 0.3) is 0 Å². The van der Waals surface area contributed by atoms with E-state index in [0.717, 1.165) is 23.1 Å². The van der Waals surface area contributed by atoms with Gasteiger partial charge in [0.2, 0.25) is 11.7 Å². The summed E-state index contributed by atoms with van der Waals surface area (Å²) in [5.41, 5.74) is -1.16. The maximum absolute atomic E-state index is 13.3. The molecule has 1 aliphatic heterocycles. The topological polar surface area (TPSA) is 119 Å². The summed E-state index contributed by atoms with van der Waals surface area (Å²) in [6, 6.07) is 6.57. The van der Waals surface area contributed by atoms with Crippen LogP contribution in [0.3, 0.4) is 0 Å². The van der Waals surface area contributed by atoms with E-state index in [1.54, 1.807) is 0 Å². The molecule has 1 amide bonds. The van der Waals surface area contributed by atoms with Crippen molar-refractivity contribution in [1.82, 2.24) is 20.3 Å². The molecule has 0 radical (unpaired) electrons. The van der Waals surface area contributed by atoms with Crippen molar-refractivity contribution in [1.29, 1.82) is 0 Å². The molecular formula is C21H17F6N5O4S. The van der Waals surface area contributed by atoms with Crippen LogP contribution in [0.1, 0.15) is 30.0 Å². The lowest BCUT2D eigenvalue weighted by Crippen LogP contribution is -2.39. The number of halogens is 6. The zero-order valence-corrected chi connectivity index (χ0v) is 19.4. The number of amides is 1. The molecule has 0 aliphatic carbocycles. The molecule has 198 valence electrons. The summed E-state index contributed by atoms with van der Waals surface area (Å²) in [7, 11) is -3.29. The normalized spacial score (nSPS) is 16.5. The Labute approximate surface area is 205 Å². The third-order valence-corrected chi connectivity index (χ3v) is 7.31. The van der Waals surface area contributed by atoms with Crippen LogP contribution in [-0.4, -0.2) is 46.2 Å². The van der Waals surface area contributed by atoms with Gasteiger partial charge in [0.1, 0.15) is 15.5 Å². The molecule has 1 saturated heterocycles. The molecule has 9 nitrogen and oxygen atoms in total. The molecule has 1 aromatic carbocycles. The highest BCUT2D eigenvalue weighted by atomic mass is 32.2. The molecule has 3 aromatic rings. The molecule has 0 N–H and O–H groups in total. The van der Waals surface area contributed by atoms with Crippen molar-refractivity contribution >= 4 is 21.4 Å². The molecule has 0 saturated carbocycles. The second-order valence-corrected chi connectivity index (χ2v) is 10.5. The Morgan fingerprint density at radius 2 is 1.70 bits per heavy atom. The van der Waals surface area contributed by atoms with E-state index in [0.29, 0.717) is 0 Å². The molecule has 1 fully saturated rings. The highest BCUT2D eigenvalue weighted by molar-refractivity contribution is 7.91. The number of hydrogen-bond donors (Lipinski definition) is 0. The Hall–Kier alpha value is -3.56. The van der Waals surface area contributed by atoms with E-state index in [9.17, 15) is 39.6 Å². The van der Waals surface area contributed by atoms with Crippen LogP contribution in [0.4, 0.5) is 32.0 Å². The number of aromatic nitrogens is 4. The predicted molar refractivity (Wildman–Crippen MR) is 114 cm³/mol. The average Bonchev–Trinajstić information content (AvgIpc) is 3.33. The number of carbonyl (C=O) groups is 1. The first-order chi connectivity index (χ1) is 17.2. The van der Waals surface area contributed by atoms with E-state index in [-0.39, 0.29) is 48.0 Å². The fourth-order valence-electron chi connectivity index (χ4n) is 3.67. The quantitative estimate of drug-likeness (QED) is 0.440. The van der Waals surface area contributed by atoms with Crippen molar-refractivity contribution in [3.8, 4) is 11.5 Å². The Morgan fingerprint density at radius 1 is 1.00 bits per heavy atom. The number of carbonyl (C=O) groups excluding carboxylic acids is 1. The van der Waals surface area contributed by atoms with Gasteiger partial charge in [-0.1, -0.05) is 11.2 Å². The first kappa shape index (κ1) is 26.5. The number of sulfone groups is 1. The SMILES string of the molecule is O=C(C1CCS(=O)(=O)CC1)N(Cc1ccc(-c2noc(C(F)(F)F)n2)nn1)c1cccc(C(F)(F)F)c1. The van der Waals surface area contributed by atoms with Crippen molar-refractivity contribution in [2.75, 3.05) is 16.4 Å². The van der Waals surface area contributed by atoms with E-state index < -0.39 is 51.3 Å². The summed E-state index contributed by atoms with van der Waals surface area (Å²) in [5.74, 6) is -3.85. The van der Waals surface area contributed by atoms with Crippen molar-refractivity contribution in [2.24, 2.45) is 5.92 Å². The smallest absolute Gasteiger partial charge is 0.329 e. The fourth-order valence-corrected chi connectivity index (χ4v) is 5.16. The maximum atomic E-state index is 13.3. The van der Waals surface area contributed by atoms with Crippen LogP contribution in [-0.2, 0) is 33.5 Å². The minimum Gasteiger partial charge on any atom is -0.329 e. The van der Waals surface area contributed by atoms with Crippen molar-refractivity contribution in [2.45, 2.75) is 31.7 Å². The zero-order chi connectivity index (χ0) is 27.0. The minimum absolute atomic E-state index is 0.0145. The average molecular weight is 549 g/mol. The van der Waals surface area contributed by atoms with Gasteiger partial charge >= 0.3 is 18.2 Å². The number of alkyl halides is 6. The zero-order valence-electron chi connectivity index (χ0n) is 18.6. The summed E-state index contributed by atoms with van der Waals surface area (Å²) >= 11 is 0. The largest absolute Gasteiger partial charge is 0.471 e. The summed E-state index contributed by atoms with van der Waals surface area (Å²) in [6.45, 7) is -0.337. The summed E-state index contributed by atoms with van der Waals surface area (Å²) in [6.07, 6.45) is -9.50. The monoisotopic (exact) mass is 549 g/mol.